The summed E-state index contributed by atoms with van der Waals surface area (Å²) in [6.07, 6.45) is -4.11. The summed E-state index contributed by atoms with van der Waals surface area (Å²) in [5.74, 6) is -0.976. The molecule has 0 N–H and O–H groups in total. The molecule has 1 aromatic rings. The van der Waals surface area contributed by atoms with E-state index >= 15 is 0 Å². The zero-order valence-electron chi connectivity index (χ0n) is 8.05. The van der Waals surface area contributed by atoms with Crippen molar-refractivity contribution in [2.45, 2.75) is 12.6 Å². The smallest absolute Gasteiger partial charge is 0.422 e. The van der Waals surface area contributed by atoms with E-state index in [-0.39, 0.29) is 17.7 Å². The van der Waals surface area contributed by atoms with Crippen molar-refractivity contribution in [3.63, 3.8) is 0 Å². The van der Waals surface area contributed by atoms with Gasteiger partial charge in [-0.3, -0.25) is 0 Å². The van der Waals surface area contributed by atoms with Gasteiger partial charge in [-0.15, -0.1) is 0 Å². The highest BCUT2D eigenvalue weighted by Gasteiger charge is 2.28. The first-order chi connectivity index (χ1) is 7.42. The first-order valence-corrected chi connectivity index (χ1v) is 4.34. The first-order valence-electron chi connectivity index (χ1n) is 4.34. The quantitative estimate of drug-likeness (QED) is 0.593. The minimum Gasteiger partial charge on any atom is -0.484 e. The van der Waals surface area contributed by atoms with Gasteiger partial charge in [0.05, 0.1) is 0 Å². The van der Waals surface area contributed by atoms with Gasteiger partial charge in [0.15, 0.2) is 6.61 Å². The fraction of sp³-hybridized carbons (Fsp3) is 0.300. The van der Waals surface area contributed by atoms with E-state index in [0.717, 1.165) is 12.1 Å². The van der Waals surface area contributed by atoms with Crippen LogP contribution in [0.1, 0.15) is 5.56 Å². The van der Waals surface area contributed by atoms with Crippen LogP contribution in [0, 0.1) is 5.82 Å². The Labute approximate surface area is 88.8 Å². The van der Waals surface area contributed by atoms with Crippen LogP contribution in [0.3, 0.4) is 0 Å². The lowest BCUT2D eigenvalue weighted by Gasteiger charge is -2.11. The van der Waals surface area contributed by atoms with Crippen molar-refractivity contribution >= 4 is 6.29 Å². The molecule has 6 heteroatoms. The van der Waals surface area contributed by atoms with E-state index in [1.165, 1.54) is 6.07 Å². The SMILES string of the molecule is O=CCc1ccc(F)cc1OCC(F)(F)F. The summed E-state index contributed by atoms with van der Waals surface area (Å²) in [6, 6.07) is 3.10. The van der Waals surface area contributed by atoms with Gasteiger partial charge in [0.25, 0.3) is 0 Å². The number of ether oxygens (including phenoxy) is 1. The van der Waals surface area contributed by atoms with Crippen LogP contribution in [0.15, 0.2) is 18.2 Å². The average Bonchev–Trinajstić information content (AvgIpc) is 2.17. The Hall–Kier alpha value is -1.59. The first kappa shape index (κ1) is 12.5. The van der Waals surface area contributed by atoms with E-state index in [1.807, 2.05) is 0 Å². The molecular weight excluding hydrogens is 228 g/mol. The van der Waals surface area contributed by atoms with E-state index in [2.05, 4.69) is 4.74 Å². The van der Waals surface area contributed by atoms with Gasteiger partial charge in [0.1, 0.15) is 17.9 Å². The van der Waals surface area contributed by atoms with Crippen LogP contribution < -0.4 is 4.74 Å². The molecule has 0 bridgehead atoms. The molecule has 0 spiro atoms. The maximum absolute atomic E-state index is 12.8. The van der Waals surface area contributed by atoms with Gasteiger partial charge < -0.3 is 9.53 Å². The van der Waals surface area contributed by atoms with Gasteiger partial charge in [-0.05, 0) is 6.07 Å². The minimum atomic E-state index is -4.50. The van der Waals surface area contributed by atoms with Gasteiger partial charge in [-0.25, -0.2) is 4.39 Å². The van der Waals surface area contributed by atoms with Crippen molar-refractivity contribution in [2.75, 3.05) is 6.61 Å². The zero-order valence-corrected chi connectivity index (χ0v) is 8.05. The molecule has 1 rings (SSSR count). The number of hydrogen-bond acceptors (Lipinski definition) is 2. The van der Waals surface area contributed by atoms with E-state index in [0.29, 0.717) is 6.29 Å². The molecule has 0 aliphatic heterocycles. The van der Waals surface area contributed by atoms with Gasteiger partial charge in [-0.1, -0.05) is 6.07 Å². The van der Waals surface area contributed by atoms with E-state index in [9.17, 15) is 22.4 Å². The molecule has 0 atom stereocenters. The Bertz CT molecular complexity index is 374. The molecule has 0 heterocycles. The van der Waals surface area contributed by atoms with Crippen molar-refractivity contribution in [2.24, 2.45) is 0 Å². The number of aldehydes is 1. The van der Waals surface area contributed by atoms with Crippen molar-refractivity contribution in [1.29, 1.82) is 0 Å². The third-order valence-electron chi connectivity index (χ3n) is 1.72. The van der Waals surface area contributed by atoms with Crippen LogP contribution >= 0.6 is 0 Å². The number of benzene rings is 1. The van der Waals surface area contributed by atoms with Crippen molar-refractivity contribution in [3.05, 3.63) is 29.6 Å². The second-order valence-corrected chi connectivity index (χ2v) is 3.03. The number of halogens is 4. The molecule has 0 radical (unpaired) electrons. The summed E-state index contributed by atoms with van der Waals surface area (Å²) in [5.41, 5.74) is 0.223. The van der Waals surface area contributed by atoms with Gasteiger partial charge in [-0.2, -0.15) is 13.2 Å². The zero-order chi connectivity index (χ0) is 12.2. The lowest BCUT2D eigenvalue weighted by molar-refractivity contribution is -0.153. The van der Waals surface area contributed by atoms with Crippen LogP contribution in [0.4, 0.5) is 17.6 Å². The number of carbonyl (C=O) groups is 1. The second-order valence-electron chi connectivity index (χ2n) is 3.03. The van der Waals surface area contributed by atoms with Gasteiger partial charge in [0.2, 0.25) is 0 Å². The summed E-state index contributed by atoms with van der Waals surface area (Å²) in [6.45, 7) is -1.51. The van der Waals surface area contributed by atoms with Crippen LogP contribution in [0.25, 0.3) is 0 Å². The largest absolute Gasteiger partial charge is 0.484 e. The molecule has 0 fully saturated rings. The lowest BCUT2D eigenvalue weighted by Crippen LogP contribution is -2.19. The third-order valence-corrected chi connectivity index (χ3v) is 1.72. The fourth-order valence-corrected chi connectivity index (χ4v) is 1.08. The average molecular weight is 236 g/mol. The number of alkyl halides is 3. The predicted molar refractivity (Wildman–Crippen MR) is 47.7 cm³/mol. The fourth-order valence-electron chi connectivity index (χ4n) is 1.08. The Morgan fingerprint density at radius 3 is 2.56 bits per heavy atom. The number of carbonyl (C=O) groups excluding carboxylic acids is 1. The molecule has 0 saturated heterocycles. The van der Waals surface area contributed by atoms with E-state index < -0.39 is 18.6 Å². The molecule has 0 unspecified atom stereocenters. The molecule has 88 valence electrons. The normalized spacial score (nSPS) is 11.2. The molecule has 0 aliphatic carbocycles. The maximum Gasteiger partial charge on any atom is 0.422 e. The molecular formula is C10H8F4O2. The van der Waals surface area contributed by atoms with Crippen molar-refractivity contribution in [1.82, 2.24) is 0 Å². The summed E-state index contributed by atoms with van der Waals surface area (Å²) in [4.78, 5) is 10.2. The standard InChI is InChI=1S/C10H8F4O2/c11-8-2-1-7(3-4-15)9(5-8)16-6-10(12,13)14/h1-2,4-5H,3,6H2. The van der Waals surface area contributed by atoms with Crippen LogP contribution in [-0.2, 0) is 11.2 Å². The van der Waals surface area contributed by atoms with Gasteiger partial charge >= 0.3 is 6.18 Å². The Balaban J connectivity index is 2.83. The Morgan fingerprint density at radius 2 is 2.00 bits per heavy atom. The number of rotatable bonds is 4. The summed E-state index contributed by atoms with van der Waals surface area (Å²) in [5, 5.41) is 0. The van der Waals surface area contributed by atoms with E-state index in [1.54, 1.807) is 0 Å². The summed E-state index contributed by atoms with van der Waals surface area (Å²) >= 11 is 0. The molecule has 16 heavy (non-hydrogen) atoms. The molecule has 0 saturated carbocycles. The molecule has 0 amide bonds. The Kier molecular flexibility index (Phi) is 3.87. The predicted octanol–water partition coefficient (Wildman–Crippen LogP) is 2.51. The highest BCUT2D eigenvalue weighted by molar-refractivity contribution is 5.57. The molecule has 2 nitrogen and oxygen atoms in total. The topological polar surface area (TPSA) is 26.3 Å². The highest BCUT2D eigenvalue weighted by atomic mass is 19.4. The second kappa shape index (κ2) is 4.96. The Morgan fingerprint density at radius 1 is 1.31 bits per heavy atom. The lowest BCUT2D eigenvalue weighted by atomic mass is 10.1. The van der Waals surface area contributed by atoms with Crippen LogP contribution in [0.2, 0.25) is 0 Å². The molecule has 0 aromatic heterocycles. The van der Waals surface area contributed by atoms with Crippen LogP contribution in [0.5, 0.6) is 5.75 Å². The van der Waals surface area contributed by atoms with Crippen molar-refractivity contribution in [3.8, 4) is 5.75 Å². The van der Waals surface area contributed by atoms with Crippen LogP contribution in [-0.4, -0.2) is 19.1 Å². The molecule has 0 aliphatic rings. The monoisotopic (exact) mass is 236 g/mol. The molecule has 1 aromatic carbocycles. The van der Waals surface area contributed by atoms with E-state index in [4.69, 9.17) is 0 Å². The summed E-state index contributed by atoms with van der Waals surface area (Å²) < 4.78 is 52.8. The third kappa shape index (κ3) is 3.88. The maximum atomic E-state index is 12.8. The number of hydrogen-bond donors (Lipinski definition) is 0. The summed E-state index contributed by atoms with van der Waals surface area (Å²) in [7, 11) is 0. The van der Waals surface area contributed by atoms with Crippen molar-refractivity contribution < 1.29 is 27.1 Å². The van der Waals surface area contributed by atoms with Gasteiger partial charge in [0, 0.05) is 18.1 Å². The highest BCUT2D eigenvalue weighted by Crippen LogP contribution is 2.23. The minimum absolute atomic E-state index is 0.118.